The van der Waals surface area contributed by atoms with Gasteiger partial charge >= 0.3 is 6.09 Å². The molecule has 1 aromatic rings. The lowest BCUT2D eigenvalue weighted by Crippen LogP contribution is -2.37. The van der Waals surface area contributed by atoms with Gasteiger partial charge in [-0.3, -0.25) is 9.69 Å². The minimum Gasteiger partial charge on any atom is -0.444 e. The molecule has 0 aliphatic rings. The van der Waals surface area contributed by atoms with Crippen LogP contribution >= 0.6 is 0 Å². The number of likely N-dealkylation sites (N-methyl/N-ethyl adjacent to an activating group) is 1. The van der Waals surface area contributed by atoms with E-state index >= 15 is 0 Å². The van der Waals surface area contributed by atoms with E-state index in [4.69, 9.17) is 4.74 Å². The summed E-state index contributed by atoms with van der Waals surface area (Å²) in [7, 11) is 4.84. The van der Waals surface area contributed by atoms with Crippen molar-refractivity contribution in [2.24, 2.45) is 0 Å². The van der Waals surface area contributed by atoms with Gasteiger partial charge < -0.3 is 14.4 Å². The van der Waals surface area contributed by atoms with Crippen LogP contribution < -0.4 is 0 Å². The third-order valence-corrected chi connectivity index (χ3v) is 3.13. The summed E-state index contributed by atoms with van der Waals surface area (Å²) in [6, 6.07) is 5.83. The molecular formula is C17H24N2O4. The Morgan fingerprint density at radius 3 is 2.00 bits per heavy atom. The highest BCUT2D eigenvalue weighted by molar-refractivity contribution is 5.94. The van der Waals surface area contributed by atoms with Crippen molar-refractivity contribution < 1.29 is 19.1 Å². The number of hydrogen-bond donors (Lipinski definition) is 0. The summed E-state index contributed by atoms with van der Waals surface area (Å²) in [6.07, 6.45) is 0.0928. The van der Waals surface area contributed by atoms with Gasteiger partial charge in [0, 0.05) is 26.7 Å². The average Bonchev–Trinajstić information content (AvgIpc) is 2.46. The zero-order valence-electron chi connectivity index (χ0n) is 14.5. The highest BCUT2D eigenvalue weighted by Gasteiger charge is 2.26. The first kappa shape index (κ1) is 18.7. The minimum atomic E-state index is -0.770. The number of benzene rings is 1. The van der Waals surface area contributed by atoms with E-state index in [-0.39, 0.29) is 5.91 Å². The Labute approximate surface area is 137 Å². The fraction of sp³-hybridized carbons (Fsp3) is 0.471. The van der Waals surface area contributed by atoms with Crippen molar-refractivity contribution in [2.45, 2.75) is 32.4 Å². The topological polar surface area (TPSA) is 66.9 Å². The fourth-order valence-corrected chi connectivity index (χ4v) is 1.92. The van der Waals surface area contributed by atoms with Crippen molar-refractivity contribution >= 4 is 18.3 Å². The van der Waals surface area contributed by atoms with E-state index in [2.05, 4.69) is 0 Å². The van der Waals surface area contributed by atoms with Crippen LogP contribution in [0, 0.1) is 0 Å². The number of aldehydes is 1. The van der Waals surface area contributed by atoms with Gasteiger partial charge in [-0.05, 0) is 38.5 Å². The molecule has 126 valence electrons. The van der Waals surface area contributed by atoms with Gasteiger partial charge in [-0.1, -0.05) is 12.1 Å². The summed E-state index contributed by atoms with van der Waals surface area (Å²) in [6.45, 7) is 5.28. The molecule has 6 nitrogen and oxygen atoms in total. The molecular weight excluding hydrogens is 296 g/mol. The molecule has 0 bridgehead atoms. The summed E-state index contributed by atoms with van der Waals surface area (Å²) < 4.78 is 5.26. The predicted octanol–water partition coefficient (Wildman–Crippen LogP) is 2.50. The molecule has 0 radical (unpaired) electrons. The van der Waals surface area contributed by atoms with Crippen molar-refractivity contribution in [3.05, 3.63) is 35.4 Å². The third-order valence-electron chi connectivity index (χ3n) is 3.13. The van der Waals surface area contributed by atoms with Crippen molar-refractivity contribution in [1.29, 1.82) is 0 Å². The number of ether oxygens (including phenoxy) is 1. The van der Waals surface area contributed by atoms with Crippen molar-refractivity contribution in [3.63, 3.8) is 0 Å². The molecule has 0 saturated carbocycles. The maximum absolute atomic E-state index is 12.1. The molecule has 0 saturated heterocycles. The fourth-order valence-electron chi connectivity index (χ4n) is 1.92. The first-order valence-electron chi connectivity index (χ1n) is 7.29. The minimum absolute atomic E-state index is 0.125. The first-order valence-corrected chi connectivity index (χ1v) is 7.29. The molecule has 0 spiro atoms. The van der Waals surface area contributed by atoms with Crippen molar-refractivity contribution in [1.82, 2.24) is 9.80 Å². The highest BCUT2D eigenvalue weighted by Crippen LogP contribution is 2.21. The van der Waals surface area contributed by atoms with Crippen LogP contribution in [0.1, 0.15) is 42.7 Å². The summed E-state index contributed by atoms with van der Waals surface area (Å²) in [5, 5.41) is 0. The molecule has 0 aliphatic heterocycles. The number of rotatable bonds is 4. The molecule has 1 rings (SSSR count). The van der Waals surface area contributed by atoms with E-state index < -0.39 is 17.7 Å². The quantitative estimate of drug-likeness (QED) is 0.799. The van der Waals surface area contributed by atoms with Gasteiger partial charge in [0.1, 0.15) is 17.9 Å². The van der Waals surface area contributed by atoms with E-state index in [1.165, 1.54) is 16.8 Å². The Morgan fingerprint density at radius 2 is 1.61 bits per heavy atom. The van der Waals surface area contributed by atoms with E-state index in [0.29, 0.717) is 17.4 Å². The SMILES string of the molecule is CN(C)C(=O)c1ccc(C(C=O)N(C)C(=O)OC(C)(C)C)cc1. The molecule has 1 unspecified atom stereocenters. The second-order valence-electron chi connectivity index (χ2n) is 6.49. The molecule has 0 aromatic heterocycles. The van der Waals surface area contributed by atoms with Crippen LogP contribution in [-0.4, -0.2) is 54.8 Å². The number of amides is 2. The Kier molecular flexibility index (Phi) is 5.90. The number of hydrogen-bond acceptors (Lipinski definition) is 4. The van der Waals surface area contributed by atoms with E-state index in [9.17, 15) is 14.4 Å². The maximum atomic E-state index is 12.1. The van der Waals surface area contributed by atoms with Gasteiger partial charge in [0.15, 0.2) is 0 Å². The number of carbonyl (C=O) groups excluding carboxylic acids is 3. The average molecular weight is 320 g/mol. The third kappa shape index (κ3) is 5.09. The smallest absolute Gasteiger partial charge is 0.410 e. The van der Waals surface area contributed by atoms with E-state index in [0.717, 1.165) is 0 Å². The van der Waals surface area contributed by atoms with E-state index in [1.807, 2.05) is 0 Å². The van der Waals surface area contributed by atoms with Gasteiger partial charge in [-0.2, -0.15) is 0 Å². The van der Waals surface area contributed by atoms with Gasteiger partial charge in [-0.25, -0.2) is 4.79 Å². The summed E-state index contributed by atoms with van der Waals surface area (Å²) >= 11 is 0. The van der Waals surface area contributed by atoms with Gasteiger partial charge in [-0.15, -0.1) is 0 Å². The molecule has 1 aromatic carbocycles. The van der Waals surface area contributed by atoms with Gasteiger partial charge in [0.25, 0.3) is 5.91 Å². The van der Waals surface area contributed by atoms with Crippen LogP contribution in [0.15, 0.2) is 24.3 Å². The zero-order chi connectivity index (χ0) is 17.8. The van der Waals surface area contributed by atoms with Crippen LogP contribution in [0.4, 0.5) is 4.79 Å². The normalized spacial score (nSPS) is 12.3. The molecule has 23 heavy (non-hydrogen) atoms. The summed E-state index contributed by atoms with van der Waals surface area (Å²) in [4.78, 5) is 38.1. The number of carbonyl (C=O) groups is 3. The summed E-state index contributed by atoms with van der Waals surface area (Å²) in [5.41, 5.74) is 0.493. The lowest BCUT2D eigenvalue weighted by molar-refractivity contribution is -0.112. The van der Waals surface area contributed by atoms with Gasteiger partial charge in [0.05, 0.1) is 0 Å². The lowest BCUT2D eigenvalue weighted by Gasteiger charge is -2.28. The molecule has 0 fully saturated rings. The van der Waals surface area contributed by atoms with Crippen LogP contribution in [0.5, 0.6) is 0 Å². The Morgan fingerprint density at radius 1 is 1.09 bits per heavy atom. The summed E-state index contributed by atoms with van der Waals surface area (Å²) in [5.74, 6) is -0.125. The zero-order valence-corrected chi connectivity index (χ0v) is 14.5. The van der Waals surface area contributed by atoms with E-state index in [1.54, 1.807) is 59.1 Å². The number of nitrogens with zero attached hydrogens (tertiary/aromatic N) is 2. The Hall–Kier alpha value is -2.37. The van der Waals surface area contributed by atoms with Gasteiger partial charge in [0.2, 0.25) is 0 Å². The van der Waals surface area contributed by atoms with Crippen molar-refractivity contribution in [3.8, 4) is 0 Å². The van der Waals surface area contributed by atoms with Crippen LogP contribution in [0.25, 0.3) is 0 Å². The molecule has 6 heteroatoms. The molecule has 0 heterocycles. The second kappa shape index (κ2) is 7.26. The van der Waals surface area contributed by atoms with Crippen molar-refractivity contribution in [2.75, 3.05) is 21.1 Å². The lowest BCUT2D eigenvalue weighted by atomic mass is 10.0. The second-order valence-corrected chi connectivity index (χ2v) is 6.49. The first-order chi connectivity index (χ1) is 10.6. The molecule has 2 amide bonds. The molecule has 1 atom stereocenters. The molecule has 0 aliphatic carbocycles. The highest BCUT2D eigenvalue weighted by atomic mass is 16.6. The van der Waals surface area contributed by atoms with Crippen LogP contribution in [0.3, 0.4) is 0 Å². The molecule has 0 N–H and O–H groups in total. The largest absolute Gasteiger partial charge is 0.444 e. The maximum Gasteiger partial charge on any atom is 0.410 e. The Bertz CT molecular complexity index is 573. The van der Waals surface area contributed by atoms with Crippen LogP contribution in [-0.2, 0) is 9.53 Å². The Balaban J connectivity index is 2.95. The standard InChI is InChI=1S/C17H24N2O4/c1-17(2,3)23-16(22)19(6)14(11-20)12-7-9-13(10-8-12)15(21)18(4)5/h7-11,14H,1-6H3. The predicted molar refractivity (Wildman–Crippen MR) is 87.3 cm³/mol. The van der Waals surface area contributed by atoms with Crippen LogP contribution in [0.2, 0.25) is 0 Å². The monoisotopic (exact) mass is 320 g/mol.